The van der Waals surface area contributed by atoms with E-state index < -0.39 is 21.9 Å². The van der Waals surface area contributed by atoms with Crippen LogP contribution < -0.4 is 4.72 Å². The zero-order valence-electron chi connectivity index (χ0n) is 10.1. The van der Waals surface area contributed by atoms with Crippen LogP contribution in [0, 0.1) is 5.82 Å². The van der Waals surface area contributed by atoms with Gasteiger partial charge in [0.15, 0.2) is 0 Å². The highest BCUT2D eigenvalue weighted by Gasteiger charge is 2.33. The van der Waals surface area contributed by atoms with E-state index in [0.717, 1.165) is 18.2 Å². The van der Waals surface area contributed by atoms with Crippen LogP contribution in [0.5, 0.6) is 0 Å². The maximum atomic E-state index is 12.9. The van der Waals surface area contributed by atoms with E-state index in [2.05, 4.69) is 20.7 Å². The predicted molar refractivity (Wildman–Crippen MR) is 70.5 cm³/mol. The zero-order valence-corrected chi connectivity index (χ0v) is 12.5. The number of sulfonamides is 1. The molecule has 1 unspecified atom stereocenters. The summed E-state index contributed by atoms with van der Waals surface area (Å²) in [6.07, 6.45) is 0.424. The Labute approximate surface area is 119 Å². The van der Waals surface area contributed by atoms with Crippen molar-refractivity contribution in [1.82, 2.24) is 9.62 Å². The van der Waals surface area contributed by atoms with Gasteiger partial charge in [-0.3, -0.25) is 4.79 Å². The van der Waals surface area contributed by atoms with Gasteiger partial charge in [0, 0.05) is 18.1 Å². The number of benzene rings is 1. The second-order valence-electron chi connectivity index (χ2n) is 4.30. The van der Waals surface area contributed by atoms with Crippen LogP contribution in [-0.4, -0.2) is 38.9 Å². The molecule has 2 rings (SSSR count). The highest BCUT2D eigenvalue weighted by molar-refractivity contribution is 9.10. The molecular weight excluding hydrogens is 339 g/mol. The van der Waals surface area contributed by atoms with E-state index in [9.17, 15) is 17.6 Å². The molecule has 1 aliphatic heterocycles. The van der Waals surface area contributed by atoms with E-state index in [1.54, 1.807) is 7.05 Å². The number of likely N-dealkylation sites (tertiary alicyclic amines) is 1. The fourth-order valence-electron chi connectivity index (χ4n) is 1.88. The number of likely N-dealkylation sites (N-methyl/N-ethyl adjacent to an activating group) is 1. The van der Waals surface area contributed by atoms with Crippen LogP contribution in [0.25, 0.3) is 0 Å². The van der Waals surface area contributed by atoms with E-state index in [4.69, 9.17) is 0 Å². The lowest BCUT2D eigenvalue weighted by molar-refractivity contribution is -0.127. The number of carbonyl (C=O) groups excluding carboxylic acids is 1. The predicted octanol–water partition coefficient (Wildman–Crippen LogP) is 1.10. The molecular formula is C11H12BrFN2O3S. The Bertz CT molecular complexity index is 620. The highest BCUT2D eigenvalue weighted by atomic mass is 79.9. The highest BCUT2D eigenvalue weighted by Crippen LogP contribution is 2.23. The molecule has 1 aromatic carbocycles. The first-order chi connectivity index (χ1) is 8.81. The first kappa shape index (κ1) is 14.4. The summed E-state index contributed by atoms with van der Waals surface area (Å²) in [4.78, 5) is 13.1. The Morgan fingerprint density at radius 1 is 1.47 bits per heavy atom. The van der Waals surface area contributed by atoms with Gasteiger partial charge in [0.05, 0.1) is 4.90 Å². The van der Waals surface area contributed by atoms with Gasteiger partial charge in [-0.1, -0.05) is 0 Å². The normalized spacial score (nSPS) is 20.1. The largest absolute Gasteiger partial charge is 0.344 e. The second-order valence-corrected chi connectivity index (χ2v) is 6.83. The molecule has 1 amide bonds. The first-order valence-electron chi connectivity index (χ1n) is 5.53. The van der Waals surface area contributed by atoms with Gasteiger partial charge in [-0.25, -0.2) is 12.8 Å². The number of hydrogen-bond acceptors (Lipinski definition) is 3. The molecule has 0 bridgehead atoms. The molecule has 19 heavy (non-hydrogen) atoms. The minimum absolute atomic E-state index is 0.0868. The van der Waals surface area contributed by atoms with E-state index in [-0.39, 0.29) is 15.3 Å². The molecule has 1 saturated heterocycles. The molecule has 0 aliphatic carbocycles. The van der Waals surface area contributed by atoms with Crippen LogP contribution in [0.2, 0.25) is 0 Å². The Balaban J connectivity index is 2.26. The molecule has 5 nitrogen and oxygen atoms in total. The molecule has 1 aromatic rings. The first-order valence-corrected chi connectivity index (χ1v) is 7.81. The summed E-state index contributed by atoms with van der Waals surface area (Å²) in [6, 6.07) is 2.52. The van der Waals surface area contributed by atoms with Gasteiger partial charge < -0.3 is 4.90 Å². The molecule has 1 atom stereocenters. The summed E-state index contributed by atoms with van der Waals surface area (Å²) in [5, 5.41) is 0. The maximum absolute atomic E-state index is 12.9. The van der Waals surface area contributed by atoms with E-state index in [1.165, 1.54) is 4.90 Å². The quantitative estimate of drug-likeness (QED) is 0.887. The molecule has 0 radical (unpaired) electrons. The number of amides is 1. The van der Waals surface area contributed by atoms with Crippen molar-refractivity contribution in [2.75, 3.05) is 13.6 Å². The van der Waals surface area contributed by atoms with Gasteiger partial charge in [-0.2, -0.15) is 4.72 Å². The summed E-state index contributed by atoms with van der Waals surface area (Å²) >= 11 is 3.00. The minimum Gasteiger partial charge on any atom is -0.344 e. The van der Waals surface area contributed by atoms with Crippen molar-refractivity contribution in [1.29, 1.82) is 0 Å². The molecule has 1 fully saturated rings. The Hall–Kier alpha value is -0.990. The van der Waals surface area contributed by atoms with Crippen LogP contribution in [0.4, 0.5) is 4.39 Å². The maximum Gasteiger partial charge on any atom is 0.242 e. The molecule has 1 heterocycles. The van der Waals surface area contributed by atoms with Crippen molar-refractivity contribution in [2.45, 2.75) is 17.4 Å². The van der Waals surface area contributed by atoms with E-state index >= 15 is 0 Å². The Kier molecular flexibility index (Phi) is 3.93. The lowest BCUT2D eigenvalue weighted by Gasteiger charge is -2.13. The Morgan fingerprint density at radius 2 is 2.16 bits per heavy atom. The van der Waals surface area contributed by atoms with Crippen molar-refractivity contribution in [3.05, 3.63) is 28.5 Å². The molecule has 8 heteroatoms. The van der Waals surface area contributed by atoms with Crippen LogP contribution in [0.3, 0.4) is 0 Å². The van der Waals surface area contributed by atoms with Gasteiger partial charge in [0.25, 0.3) is 0 Å². The summed E-state index contributed by atoms with van der Waals surface area (Å²) in [7, 11) is -2.24. The number of nitrogens with zero attached hydrogens (tertiary/aromatic N) is 1. The molecule has 104 valence electrons. The van der Waals surface area contributed by atoms with Crippen LogP contribution in [0.15, 0.2) is 27.6 Å². The zero-order chi connectivity index (χ0) is 14.2. The number of rotatable bonds is 3. The molecule has 0 aromatic heterocycles. The average molecular weight is 351 g/mol. The third-order valence-electron chi connectivity index (χ3n) is 2.91. The van der Waals surface area contributed by atoms with Crippen LogP contribution >= 0.6 is 15.9 Å². The molecule has 1 aliphatic rings. The summed E-state index contributed by atoms with van der Waals surface area (Å²) < 4.78 is 39.7. The number of halogens is 2. The third-order valence-corrected chi connectivity index (χ3v) is 5.36. The summed E-state index contributed by atoms with van der Waals surface area (Å²) in [6.45, 7) is 0.511. The Morgan fingerprint density at radius 3 is 2.68 bits per heavy atom. The smallest absolute Gasteiger partial charge is 0.242 e. The lowest BCUT2D eigenvalue weighted by Crippen LogP contribution is -2.40. The number of hydrogen-bond donors (Lipinski definition) is 1. The van der Waals surface area contributed by atoms with E-state index in [1.807, 2.05) is 0 Å². The van der Waals surface area contributed by atoms with Gasteiger partial charge in [0.2, 0.25) is 15.9 Å². The fraction of sp³-hybridized carbons (Fsp3) is 0.364. The average Bonchev–Trinajstić information content (AvgIpc) is 2.60. The monoisotopic (exact) mass is 350 g/mol. The number of nitrogens with one attached hydrogen (secondary N) is 1. The molecule has 0 spiro atoms. The lowest BCUT2D eigenvalue weighted by atomic mass is 10.3. The third kappa shape index (κ3) is 2.96. The van der Waals surface area contributed by atoms with Crippen LogP contribution in [-0.2, 0) is 14.8 Å². The standard InChI is InChI=1S/C11H12BrFN2O3S/c1-15-5-4-9(11(15)16)14-19(17,18)10-3-2-7(13)6-8(10)12/h2-3,6,9,14H,4-5H2,1H3. The SMILES string of the molecule is CN1CCC(NS(=O)(=O)c2ccc(F)cc2Br)C1=O. The van der Waals surface area contributed by atoms with Crippen molar-refractivity contribution in [3.8, 4) is 0 Å². The van der Waals surface area contributed by atoms with Crippen molar-refractivity contribution in [3.63, 3.8) is 0 Å². The minimum atomic E-state index is -3.86. The fourth-order valence-corrected chi connectivity index (χ4v) is 4.15. The van der Waals surface area contributed by atoms with Crippen molar-refractivity contribution < 1.29 is 17.6 Å². The van der Waals surface area contributed by atoms with Gasteiger partial charge in [-0.15, -0.1) is 0 Å². The van der Waals surface area contributed by atoms with Gasteiger partial charge in [0.1, 0.15) is 11.9 Å². The van der Waals surface area contributed by atoms with Crippen LogP contribution in [0.1, 0.15) is 6.42 Å². The van der Waals surface area contributed by atoms with Crippen molar-refractivity contribution >= 4 is 31.9 Å². The second kappa shape index (κ2) is 5.18. The van der Waals surface area contributed by atoms with Gasteiger partial charge in [-0.05, 0) is 40.5 Å². The van der Waals surface area contributed by atoms with Gasteiger partial charge >= 0.3 is 0 Å². The molecule has 1 N–H and O–H groups in total. The van der Waals surface area contributed by atoms with E-state index in [0.29, 0.717) is 13.0 Å². The summed E-state index contributed by atoms with van der Waals surface area (Å²) in [5.41, 5.74) is 0. The number of carbonyl (C=O) groups is 1. The topological polar surface area (TPSA) is 66.5 Å². The summed E-state index contributed by atoms with van der Waals surface area (Å²) in [5.74, 6) is -0.802. The van der Waals surface area contributed by atoms with Crippen molar-refractivity contribution in [2.24, 2.45) is 0 Å². The molecule has 0 saturated carbocycles.